The van der Waals surface area contributed by atoms with Gasteiger partial charge in [0.1, 0.15) is 5.82 Å². The Morgan fingerprint density at radius 3 is 2.62 bits per heavy atom. The number of benzene rings is 1. The number of carbonyl (C=O) groups excluding carboxylic acids is 1. The third-order valence-electron chi connectivity index (χ3n) is 3.48. The van der Waals surface area contributed by atoms with Crippen molar-refractivity contribution in [1.82, 2.24) is 15.1 Å². The average Bonchev–Trinajstić information content (AvgIpc) is 2.87. The molecule has 2 N–H and O–H groups in total. The minimum Gasteiger partial charge on any atom is -0.319 e. The van der Waals surface area contributed by atoms with E-state index in [0.717, 1.165) is 10.7 Å². The Bertz CT molecular complexity index is 724. The van der Waals surface area contributed by atoms with Crippen LogP contribution in [-0.4, -0.2) is 29.3 Å². The highest BCUT2D eigenvalue weighted by Crippen LogP contribution is 2.34. The molecule has 5 nitrogen and oxygen atoms in total. The van der Waals surface area contributed by atoms with Crippen molar-refractivity contribution in [2.75, 3.05) is 18.9 Å². The smallest absolute Gasteiger partial charge is 0.319 e. The van der Waals surface area contributed by atoms with Crippen LogP contribution in [0.15, 0.2) is 30.3 Å². The number of amides is 1. The Balaban J connectivity index is 2.42. The molecule has 24 heavy (non-hydrogen) atoms. The van der Waals surface area contributed by atoms with Crippen molar-refractivity contribution >= 4 is 11.7 Å². The van der Waals surface area contributed by atoms with Crippen LogP contribution in [0, 0.1) is 12.8 Å². The van der Waals surface area contributed by atoms with Gasteiger partial charge in [0, 0.05) is 18.5 Å². The van der Waals surface area contributed by atoms with Gasteiger partial charge in [0.2, 0.25) is 5.91 Å². The molecule has 1 aromatic carbocycles. The lowest BCUT2D eigenvalue weighted by atomic mass is 10.1. The van der Waals surface area contributed by atoms with Crippen molar-refractivity contribution < 1.29 is 18.0 Å². The van der Waals surface area contributed by atoms with Crippen molar-refractivity contribution in [3.05, 3.63) is 41.6 Å². The third kappa shape index (κ3) is 3.94. The van der Waals surface area contributed by atoms with E-state index in [9.17, 15) is 18.0 Å². The summed E-state index contributed by atoms with van der Waals surface area (Å²) in [5.41, 5.74) is -0.440. The van der Waals surface area contributed by atoms with E-state index in [4.69, 9.17) is 0 Å². The van der Waals surface area contributed by atoms with Crippen LogP contribution < -0.4 is 10.6 Å². The first kappa shape index (κ1) is 18.0. The van der Waals surface area contributed by atoms with Crippen LogP contribution in [-0.2, 0) is 11.0 Å². The molecule has 2 rings (SSSR count). The van der Waals surface area contributed by atoms with Gasteiger partial charge in [-0.25, -0.2) is 4.68 Å². The summed E-state index contributed by atoms with van der Waals surface area (Å²) in [7, 11) is 1.72. The third-order valence-corrected chi connectivity index (χ3v) is 3.48. The number of nitrogens with zero attached hydrogens (tertiary/aromatic N) is 2. The van der Waals surface area contributed by atoms with Crippen LogP contribution in [0.3, 0.4) is 0 Å². The summed E-state index contributed by atoms with van der Waals surface area (Å²) >= 11 is 0. The molecule has 0 spiro atoms. The van der Waals surface area contributed by atoms with Gasteiger partial charge in [0.15, 0.2) is 0 Å². The first-order valence-electron chi connectivity index (χ1n) is 7.42. The zero-order valence-corrected chi connectivity index (χ0v) is 13.6. The van der Waals surface area contributed by atoms with E-state index in [2.05, 4.69) is 15.7 Å². The lowest BCUT2D eigenvalue weighted by molar-refractivity contribution is -0.137. The summed E-state index contributed by atoms with van der Waals surface area (Å²) in [6.45, 7) is 3.83. The number of hydrogen-bond donors (Lipinski definition) is 2. The number of aryl methyl sites for hydroxylation is 1. The fourth-order valence-corrected chi connectivity index (χ4v) is 2.32. The Labute approximate surface area is 137 Å². The Hall–Kier alpha value is -2.35. The predicted molar refractivity (Wildman–Crippen MR) is 85.0 cm³/mol. The van der Waals surface area contributed by atoms with Crippen LogP contribution in [0.1, 0.15) is 18.2 Å². The zero-order valence-electron chi connectivity index (χ0n) is 13.6. The van der Waals surface area contributed by atoms with E-state index < -0.39 is 11.7 Å². The van der Waals surface area contributed by atoms with Crippen LogP contribution in [0.4, 0.5) is 19.0 Å². The molecular weight excluding hydrogens is 321 g/mol. The second-order valence-corrected chi connectivity index (χ2v) is 5.55. The molecule has 0 aliphatic carbocycles. The van der Waals surface area contributed by atoms with Crippen LogP contribution in [0.2, 0.25) is 0 Å². The van der Waals surface area contributed by atoms with Crippen molar-refractivity contribution in [2.24, 2.45) is 5.92 Å². The molecule has 0 fully saturated rings. The largest absolute Gasteiger partial charge is 0.418 e. The van der Waals surface area contributed by atoms with Crippen LogP contribution in [0.5, 0.6) is 0 Å². The summed E-state index contributed by atoms with van der Waals surface area (Å²) < 4.78 is 40.8. The summed E-state index contributed by atoms with van der Waals surface area (Å²) in [6.07, 6.45) is -4.52. The average molecular weight is 340 g/mol. The summed E-state index contributed by atoms with van der Waals surface area (Å²) in [6, 6.07) is 6.66. The quantitative estimate of drug-likeness (QED) is 0.880. The van der Waals surface area contributed by atoms with Crippen LogP contribution in [0.25, 0.3) is 5.69 Å². The summed E-state index contributed by atoms with van der Waals surface area (Å²) in [4.78, 5) is 12.2. The highest BCUT2D eigenvalue weighted by molar-refractivity contribution is 5.92. The molecule has 1 heterocycles. The number of para-hydroxylation sites is 1. The second kappa shape index (κ2) is 7.04. The Morgan fingerprint density at radius 2 is 2.00 bits per heavy atom. The standard InChI is InChI=1S/C16H19F3N4O/c1-10(9-20-3)15(24)21-14-8-11(2)22-23(14)13-7-5-4-6-12(13)16(17,18)19/h4-8,10,20H,9H2,1-3H3,(H,21,24). The number of aromatic nitrogens is 2. The van der Waals surface area contributed by atoms with Gasteiger partial charge in [-0.1, -0.05) is 19.1 Å². The van der Waals surface area contributed by atoms with E-state index in [1.165, 1.54) is 24.3 Å². The highest BCUT2D eigenvalue weighted by Gasteiger charge is 2.34. The molecule has 0 aliphatic rings. The SMILES string of the molecule is CNCC(C)C(=O)Nc1cc(C)nn1-c1ccccc1C(F)(F)F. The minimum atomic E-state index is -4.52. The summed E-state index contributed by atoms with van der Waals surface area (Å²) in [5.74, 6) is -0.427. The van der Waals surface area contributed by atoms with Crippen molar-refractivity contribution in [3.8, 4) is 5.69 Å². The molecular formula is C16H19F3N4O. The molecule has 130 valence electrons. The fourth-order valence-electron chi connectivity index (χ4n) is 2.32. The highest BCUT2D eigenvalue weighted by atomic mass is 19.4. The van der Waals surface area contributed by atoms with Gasteiger partial charge >= 0.3 is 6.18 Å². The molecule has 2 aromatic rings. The predicted octanol–water partition coefficient (Wildman–Crippen LogP) is 2.99. The molecule has 1 amide bonds. The molecule has 8 heteroatoms. The summed E-state index contributed by atoms with van der Waals surface area (Å²) in [5, 5.41) is 9.63. The minimum absolute atomic E-state index is 0.130. The number of carbonyl (C=O) groups is 1. The van der Waals surface area contributed by atoms with Gasteiger partial charge in [-0.2, -0.15) is 18.3 Å². The molecule has 1 aromatic heterocycles. The molecule has 0 saturated carbocycles. The van der Waals surface area contributed by atoms with E-state index >= 15 is 0 Å². The van der Waals surface area contributed by atoms with Gasteiger partial charge in [0.25, 0.3) is 0 Å². The maximum absolute atomic E-state index is 13.2. The first-order chi connectivity index (χ1) is 11.2. The Kier molecular flexibility index (Phi) is 5.28. The number of rotatable bonds is 5. The molecule has 0 saturated heterocycles. The molecule has 0 aliphatic heterocycles. The van der Waals surface area contributed by atoms with E-state index in [1.54, 1.807) is 20.9 Å². The molecule has 1 atom stereocenters. The zero-order chi connectivity index (χ0) is 17.9. The van der Waals surface area contributed by atoms with Gasteiger partial charge in [-0.15, -0.1) is 0 Å². The number of anilines is 1. The van der Waals surface area contributed by atoms with Crippen LogP contribution >= 0.6 is 0 Å². The number of halogens is 3. The maximum atomic E-state index is 13.2. The first-order valence-corrected chi connectivity index (χ1v) is 7.42. The van der Waals surface area contributed by atoms with Crippen molar-refractivity contribution in [1.29, 1.82) is 0 Å². The molecule has 1 unspecified atom stereocenters. The Morgan fingerprint density at radius 1 is 1.33 bits per heavy atom. The van der Waals surface area contributed by atoms with E-state index in [-0.39, 0.29) is 23.3 Å². The molecule has 0 radical (unpaired) electrons. The lowest BCUT2D eigenvalue weighted by Crippen LogP contribution is -2.29. The van der Waals surface area contributed by atoms with E-state index in [0.29, 0.717) is 12.2 Å². The number of nitrogens with one attached hydrogen (secondary N) is 2. The van der Waals surface area contributed by atoms with Crippen molar-refractivity contribution in [3.63, 3.8) is 0 Å². The van der Waals surface area contributed by atoms with Gasteiger partial charge in [-0.3, -0.25) is 4.79 Å². The second-order valence-electron chi connectivity index (χ2n) is 5.55. The maximum Gasteiger partial charge on any atom is 0.418 e. The topological polar surface area (TPSA) is 59.0 Å². The van der Waals surface area contributed by atoms with Gasteiger partial charge in [0.05, 0.1) is 16.9 Å². The van der Waals surface area contributed by atoms with Crippen molar-refractivity contribution in [2.45, 2.75) is 20.0 Å². The fraction of sp³-hybridized carbons (Fsp3) is 0.375. The van der Waals surface area contributed by atoms with Gasteiger partial charge in [-0.05, 0) is 26.1 Å². The monoisotopic (exact) mass is 340 g/mol. The number of alkyl halides is 3. The molecule has 0 bridgehead atoms. The normalized spacial score (nSPS) is 12.9. The van der Waals surface area contributed by atoms with Gasteiger partial charge < -0.3 is 10.6 Å². The van der Waals surface area contributed by atoms with E-state index in [1.807, 2.05) is 0 Å². The lowest BCUT2D eigenvalue weighted by Gasteiger charge is -2.16. The number of hydrogen-bond acceptors (Lipinski definition) is 3.